The molecule has 1 fully saturated rings. The van der Waals surface area contributed by atoms with Crippen molar-refractivity contribution in [2.45, 2.75) is 32.0 Å². The lowest BCUT2D eigenvalue weighted by molar-refractivity contribution is -0.187. The molecule has 2 nitrogen and oxygen atoms in total. The zero-order valence-electron chi connectivity index (χ0n) is 11.5. The number of rotatable bonds is 3. The van der Waals surface area contributed by atoms with E-state index in [4.69, 9.17) is 0 Å². The van der Waals surface area contributed by atoms with Crippen LogP contribution in [0.1, 0.15) is 30.1 Å². The van der Waals surface area contributed by atoms with Crippen molar-refractivity contribution in [3.63, 3.8) is 0 Å². The van der Waals surface area contributed by atoms with Crippen LogP contribution < -0.4 is 0 Å². The van der Waals surface area contributed by atoms with Crippen LogP contribution in [-0.4, -0.2) is 35.8 Å². The van der Waals surface area contributed by atoms with Crippen molar-refractivity contribution in [2.75, 3.05) is 19.6 Å². The maximum atomic E-state index is 12.7. The van der Waals surface area contributed by atoms with Crippen LogP contribution in [0.25, 0.3) is 0 Å². The molecule has 0 amide bonds. The predicted molar refractivity (Wildman–Crippen MR) is 71.4 cm³/mol. The predicted octanol–water partition coefficient (Wildman–Crippen LogP) is 3.30. The quantitative estimate of drug-likeness (QED) is 0.922. The number of aliphatic hydroxyl groups is 1. The van der Waals surface area contributed by atoms with Crippen LogP contribution >= 0.6 is 0 Å². The largest absolute Gasteiger partial charge is 0.393 e. The van der Waals surface area contributed by atoms with E-state index in [1.165, 1.54) is 0 Å². The van der Waals surface area contributed by atoms with E-state index in [0.29, 0.717) is 13.0 Å². The first-order valence-electron chi connectivity index (χ1n) is 6.90. The van der Waals surface area contributed by atoms with Gasteiger partial charge in [0.15, 0.2) is 0 Å². The van der Waals surface area contributed by atoms with Gasteiger partial charge < -0.3 is 5.11 Å². The van der Waals surface area contributed by atoms with E-state index in [9.17, 15) is 18.3 Å². The number of β-amino-alcohol motifs (C(OH)–C–C–N with tert-alkyl or cyclic N) is 1. The van der Waals surface area contributed by atoms with Crippen molar-refractivity contribution in [3.05, 3.63) is 35.4 Å². The standard InChI is InChI=1S/C15H20F3NO/c1-11-4-6-12(7-5-11)14(20)10-19-8-2-3-13(9-19)15(16,17)18/h4-7,13-14,20H,2-3,8-10H2,1H3. The van der Waals surface area contributed by atoms with E-state index in [1.54, 1.807) is 4.90 Å². The SMILES string of the molecule is Cc1ccc(C(O)CN2CCCC(C(F)(F)F)C2)cc1. The minimum absolute atomic E-state index is 0.00752. The summed E-state index contributed by atoms with van der Waals surface area (Å²) >= 11 is 0. The fourth-order valence-electron chi connectivity index (χ4n) is 2.63. The van der Waals surface area contributed by atoms with E-state index < -0.39 is 18.2 Å². The number of benzene rings is 1. The van der Waals surface area contributed by atoms with E-state index in [-0.39, 0.29) is 19.5 Å². The molecular weight excluding hydrogens is 267 g/mol. The number of aliphatic hydroxyl groups excluding tert-OH is 1. The lowest BCUT2D eigenvalue weighted by Crippen LogP contribution is -2.43. The van der Waals surface area contributed by atoms with Crippen LogP contribution in [0, 0.1) is 12.8 Å². The third-order valence-corrected chi connectivity index (χ3v) is 3.86. The first kappa shape index (κ1) is 15.3. The molecule has 5 heteroatoms. The first-order valence-corrected chi connectivity index (χ1v) is 6.90. The molecule has 2 unspecified atom stereocenters. The Balaban J connectivity index is 1.94. The molecule has 1 aromatic carbocycles. The van der Waals surface area contributed by atoms with Crippen LogP contribution in [-0.2, 0) is 0 Å². The number of piperidine rings is 1. The van der Waals surface area contributed by atoms with Gasteiger partial charge in [0.1, 0.15) is 0 Å². The summed E-state index contributed by atoms with van der Waals surface area (Å²) in [5, 5.41) is 10.1. The molecule has 1 heterocycles. The van der Waals surface area contributed by atoms with Gasteiger partial charge in [-0.15, -0.1) is 0 Å². The van der Waals surface area contributed by atoms with Crippen LogP contribution in [0.2, 0.25) is 0 Å². The number of hydrogen-bond acceptors (Lipinski definition) is 2. The molecule has 1 saturated heterocycles. The third-order valence-electron chi connectivity index (χ3n) is 3.86. The van der Waals surface area contributed by atoms with Crippen LogP contribution in [0.3, 0.4) is 0 Å². The highest BCUT2D eigenvalue weighted by Gasteiger charge is 2.41. The molecule has 0 spiro atoms. The summed E-state index contributed by atoms with van der Waals surface area (Å²) in [6, 6.07) is 7.44. The van der Waals surface area contributed by atoms with Gasteiger partial charge in [0.25, 0.3) is 0 Å². The molecule has 0 aliphatic carbocycles. The topological polar surface area (TPSA) is 23.5 Å². The van der Waals surface area contributed by atoms with Crippen molar-refractivity contribution in [1.82, 2.24) is 4.90 Å². The molecule has 1 aliphatic heterocycles. The Labute approximate surface area is 117 Å². The van der Waals surface area contributed by atoms with E-state index in [2.05, 4.69) is 0 Å². The maximum absolute atomic E-state index is 12.7. The van der Waals surface area contributed by atoms with Crippen LogP contribution in [0.4, 0.5) is 13.2 Å². The lowest BCUT2D eigenvalue weighted by atomic mass is 9.96. The number of halogens is 3. The first-order chi connectivity index (χ1) is 9.36. The summed E-state index contributed by atoms with van der Waals surface area (Å²) in [6.45, 7) is 2.83. The third kappa shape index (κ3) is 3.96. The zero-order valence-corrected chi connectivity index (χ0v) is 11.5. The molecule has 1 aliphatic rings. The second-order valence-corrected chi connectivity index (χ2v) is 5.57. The molecule has 2 rings (SSSR count). The van der Waals surface area contributed by atoms with Gasteiger partial charge in [0.2, 0.25) is 0 Å². The highest BCUT2D eigenvalue weighted by molar-refractivity contribution is 5.23. The maximum Gasteiger partial charge on any atom is 0.393 e. The lowest BCUT2D eigenvalue weighted by Gasteiger charge is -2.34. The van der Waals surface area contributed by atoms with Gasteiger partial charge in [-0.2, -0.15) is 13.2 Å². The summed E-state index contributed by atoms with van der Waals surface area (Å²) in [5.74, 6) is -1.26. The average molecular weight is 287 g/mol. The molecule has 0 radical (unpaired) electrons. The van der Waals surface area contributed by atoms with Gasteiger partial charge in [-0.25, -0.2) is 0 Å². The normalized spacial score (nSPS) is 22.8. The monoisotopic (exact) mass is 287 g/mol. The van der Waals surface area contributed by atoms with Crippen molar-refractivity contribution in [1.29, 1.82) is 0 Å². The van der Waals surface area contributed by atoms with Gasteiger partial charge in [0.05, 0.1) is 12.0 Å². The second-order valence-electron chi connectivity index (χ2n) is 5.57. The minimum Gasteiger partial charge on any atom is -0.387 e. The van der Waals surface area contributed by atoms with Gasteiger partial charge in [-0.05, 0) is 31.9 Å². The Morgan fingerprint density at radius 3 is 2.55 bits per heavy atom. The summed E-state index contributed by atoms with van der Waals surface area (Å²) in [5.41, 5.74) is 1.85. The number of nitrogens with zero attached hydrogens (tertiary/aromatic N) is 1. The molecule has 2 atom stereocenters. The summed E-state index contributed by atoms with van der Waals surface area (Å²) in [4.78, 5) is 1.71. The fourth-order valence-corrected chi connectivity index (χ4v) is 2.63. The Kier molecular flexibility index (Phi) is 4.70. The highest BCUT2D eigenvalue weighted by atomic mass is 19.4. The number of alkyl halides is 3. The Hall–Kier alpha value is -1.07. The molecular formula is C15H20F3NO. The fraction of sp³-hybridized carbons (Fsp3) is 0.600. The molecule has 0 aromatic heterocycles. The zero-order chi connectivity index (χ0) is 14.8. The number of hydrogen-bond donors (Lipinski definition) is 1. The summed E-state index contributed by atoms with van der Waals surface area (Å²) < 4.78 is 38.2. The van der Waals surface area contributed by atoms with Gasteiger partial charge >= 0.3 is 6.18 Å². The second kappa shape index (κ2) is 6.14. The Morgan fingerprint density at radius 1 is 1.30 bits per heavy atom. The molecule has 20 heavy (non-hydrogen) atoms. The van der Waals surface area contributed by atoms with Gasteiger partial charge in [-0.1, -0.05) is 29.8 Å². The van der Waals surface area contributed by atoms with E-state index >= 15 is 0 Å². The number of aryl methyl sites for hydroxylation is 1. The van der Waals surface area contributed by atoms with E-state index in [0.717, 1.165) is 11.1 Å². The number of likely N-dealkylation sites (tertiary alicyclic amines) is 1. The smallest absolute Gasteiger partial charge is 0.387 e. The highest BCUT2D eigenvalue weighted by Crippen LogP contribution is 2.33. The summed E-state index contributed by atoms with van der Waals surface area (Å²) in [6.07, 6.45) is -4.14. The minimum atomic E-state index is -4.13. The Bertz CT molecular complexity index is 430. The van der Waals surface area contributed by atoms with Crippen LogP contribution in [0.15, 0.2) is 24.3 Å². The Morgan fingerprint density at radius 2 is 1.95 bits per heavy atom. The van der Waals surface area contributed by atoms with Gasteiger partial charge in [0, 0.05) is 13.1 Å². The average Bonchev–Trinajstić information content (AvgIpc) is 2.38. The van der Waals surface area contributed by atoms with Crippen molar-refractivity contribution < 1.29 is 18.3 Å². The molecule has 0 saturated carbocycles. The van der Waals surface area contributed by atoms with Gasteiger partial charge in [-0.3, -0.25) is 4.90 Å². The van der Waals surface area contributed by atoms with Crippen molar-refractivity contribution in [2.24, 2.45) is 5.92 Å². The summed E-state index contributed by atoms with van der Waals surface area (Å²) in [7, 11) is 0. The molecule has 0 bridgehead atoms. The van der Waals surface area contributed by atoms with Crippen molar-refractivity contribution in [3.8, 4) is 0 Å². The molecule has 112 valence electrons. The molecule has 1 N–H and O–H groups in total. The van der Waals surface area contributed by atoms with E-state index in [1.807, 2.05) is 31.2 Å². The van der Waals surface area contributed by atoms with Crippen LogP contribution in [0.5, 0.6) is 0 Å². The van der Waals surface area contributed by atoms with Crippen molar-refractivity contribution >= 4 is 0 Å². The molecule has 1 aromatic rings.